The molecular formula is C19H26ClN3O4. The molecule has 1 aromatic rings. The van der Waals surface area contributed by atoms with Crippen molar-refractivity contribution in [2.45, 2.75) is 38.0 Å². The number of hydrogen-bond donors (Lipinski definition) is 2. The molecule has 2 N–H and O–H groups in total. The summed E-state index contributed by atoms with van der Waals surface area (Å²) in [5.74, 6) is 0.532. The Hall–Kier alpha value is -1.85. The SMILES string of the molecule is CC1(C)Oc2ccc(C#N)cc2[C@@H](N2CCN(CCCO)CC2=O)[C@@H]1O.Cl. The van der Waals surface area contributed by atoms with E-state index >= 15 is 0 Å². The molecule has 2 heterocycles. The first-order chi connectivity index (χ1) is 12.4. The van der Waals surface area contributed by atoms with Crippen LogP contribution in [0.4, 0.5) is 0 Å². The number of carbonyl (C=O) groups excluding carboxylic acids is 1. The van der Waals surface area contributed by atoms with Crippen molar-refractivity contribution in [3.8, 4) is 11.8 Å². The van der Waals surface area contributed by atoms with Crippen molar-refractivity contribution in [1.29, 1.82) is 5.26 Å². The first-order valence-corrected chi connectivity index (χ1v) is 8.91. The molecule has 0 aliphatic carbocycles. The Kier molecular flexibility index (Phi) is 6.71. The molecule has 1 aromatic carbocycles. The van der Waals surface area contributed by atoms with Crippen LogP contribution in [-0.2, 0) is 4.79 Å². The summed E-state index contributed by atoms with van der Waals surface area (Å²) in [6.45, 7) is 5.81. The Morgan fingerprint density at radius 1 is 1.37 bits per heavy atom. The summed E-state index contributed by atoms with van der Waals surface area (Å²) in [5.41, 5.74) is 0.298. The van der Waals surface area contributed by atoms with E-state index in [-0.39, 0.29) is 31.5 Å². The molecule has 7 nitrogen and oxygen atoms in total. The van der Waals surface area contributed by atoms with Crippen LogP contribution >= 0.6 is 12.4 Å². The smallest absolute Gasteiger partial charge is 0.237 e. The highest BCUT2D eigenvalue weighted by atomic mass is 35.5. The van der Waals surface area contributed by atoms with Gasteiger partial charge in [0.05, 0.1) is 24.2 Å². The maximum absolute atomic E-state index is 12.8. The number of fused-ring (bicyclic) bond motifs is 1. The molecule has 8 heteroatoms. The van der Waals surface area contributed by atoms with E-state index in [0.717, 1.165) is 0 Å². The van der Waals surface area contributed by atoms with Crippen LogP contribution in [0, 0.1) is 11.3 Å². The predicted molar refractivity (Wildman–Crippen MR) is 102 cm³/mol. The van der Waals surface area contributed by atoms with Gasteiger partial charge in [-0.3, -0.25) is 9.69 Å². The summed E-state index contributed by atoms with van der Waals surface area (Å²) in [5, 5.41) is 29.1. The van der Waals surface area contributed by atoms with Crippen molar-refractivity contribution in [3.05, 3.63) is 29.3 Å². The molecule has 3 rings (SSSR count). The summed E-state index contributed by atoms with van der Waals surface area (Å²) in [7, 11) is 0. The predicted octanol–water partition coefficient (Wildman–Crippen LogP) is 1.08. The molecule has 0 aromatic heterocycles. The second kappa shape index (κ2) is 8.44. The number of rotatable bonds is 4. The maximum atomic E-state index is 12.8. The molecule has 1 saturated heterocycles. The van der Waals surface area contributed by atoms with E-state index in [0.29, 0.717) is 42.9 Å². The normalized spacial score (nSPS) is 24.4. The van der Waals surface area contributed by atoms with Gasteiger partial charge in [0.2, 0.25) is 5.91 Å². The second-order valence-corrected chi connectivity index (χ2v) is 7.40. The molecule has 1 fully saturated rings. The number of hydrogen-bond acceptors (Lipinski definition) is 6. The van der Waals surface area contributed by atoms with Gasteiger partial charge in [0, 0.05) is 31.8 Å². The van der Waals surface area contributed by atoms with Gasteiger partial charge in [-0.25, -0.2) is 0 Å². The van der Waals surface area contributed by atoms with Crippen LogP contribution in [-0.4, -0.2) is 70.4 Å². The number of carbonyl (C=O) groups is 1. The highest BCUT2D eigenvalue weighted by Crippen LogP contribution is 2.43. The van der Waals surface area contributed by atoms with Crippen molar-refractivity contribution in [1.82, 2.24) is 9.80 Å². The number of piperazine rings is 1. The van der Waals surface area contributed by atoms with Gasteiger partial charge in [0.25, 0.3) is 0 Å². The van der Waals surface area contributed by atoms with E-state index in [1.54, 1.807) is 36.9 Å². The Balaban J connectivity index is 0.00000261. The molecule has 148 valence electrons. The first-order valence-electron chi connectivity index (χ1n) is 8.91. The van der Waals surface area contributed by atoms with Gasteiger partial charge in [0.15, 0.2) is 0 Å². The van der Waals surface area contributed by atoms with Crippen molar-refractivity contribution in [3.63, 3.8) is 0 Å². The number of nitrogens with zero attached hydrogens (tertiary/aromatic N) is 3. The summed E-state index contributed by atoms with van der Waals surface area (Å²) >= 11 is 0. The molecule has 0 bridgehead atoms. The zero-order valence-corrected chi connectivity index (χ0v) is 16.4. The first kappa shape index (κ1) is 21.5. The Bertz CT molecular complexity index is 734. The number of amides is 1. The number of ether oxygens (including phenoxy) is 1. The van der Waals surface area contributed by atoms with Crippen molar-refractivity contribution in [2.24, 2.45) is 0 Å². The molecule has 2 atom stereocenters. The van der Waals surface area contributed by atoms with E-state index < -0.39 is 17.7 Å². The maximum Gasteiger partial charge on any atom is 0.237 e. The minimum atomic E-state index is -0.906. The summed E-state index contributed by atoms with van der Waals surface area (Å²) in [6, 6.07) is 6.67. The zero-order valence-electron chi connectivity index (χ0n) is 15.6. The van der Waals surface area contributed by atoms with Crippen LogP contribution in [0.25, 0.3) is 0 Å². The number of aliphatic hydroxyl groups excluding tert-OH is 2. The van der Waals surface area contributed by atoms with E-state index in [9.17, 15) is 15.2 Å². The lowest BCUT2D eigenvalue weighted by atomic mass is 9.84. The fourth-order valence-corrected chi connectivity index (χ4v) is 3.69. The van der Waals surface area contributed by atoms with Crippen molar-refractivity contribution < 1.29 is 19.7 Å². The average molecular weight is 396 g/mol. The van der Waals surface area contributed by atoms with Crippen LogP contribution in [0.15, 0.2) is 18.2 Å². The van der Waals surface area contributed by atoms with E-state index in [1.807, 2.05) is 4.90 Å². The number of halogens is 1. The number of benzene rings is 1. The molecular weight excluding hydrogens is 370 g/mol. The Morgan fingerprint density at radius 3 is 2.74 bits per heavy atom. The number of aliphatic hydroxyl groups is 2. The molecule has 0 saturated carbocycles. The Morgan fingerprint density at radius 2 is 2.11 bits per heavy atom. The lowest BCUT2D eigenvalue weighted by Crippen LogP contribution is -2.59. The lowest BCUT2D eigenvalue weighted by molar-refractivity contribution is -0.150. The third-order valence-corrected chi connectivity index (χ3v) is 5.15. The molecule has 2 aliphatic rings. The van der Waals surface area contributed by atoms with Crippen LogP contribution in [0.2, 0.25) is 0 Å². The monoisotopic (exact) mass is 395 g/mol. The van der Waals surface area contributed by atoms with Crippen LogP contribution < -0.4 is 4.74 Å². The van der Waals surface area contributed by atoms with Crippen LogP contribution in [0.1, 0.15) is 37.4 Å². The van der Waals surface area contributed by atoms with Crippen LogP contribution in [0.3, 0.4) is 0 Å². The minimum Gasteiger partial charge on any atom is -0.485 e. The second-order valence-electron chi connectivity index (χ2n) is 7.40. The molecule has 2 aliphatic heterocycles. The Labute approximate surface area is 165 Å². The number of nitriles is 1. The topological polar surface area (TPSA) is 97.0 Å². The van der Waals surface area contributed by atoms with Gasteiger partial charge in [-0.1, -0.05) is 0 Å². The molecule has 27 heavy (non-hydrogen) atoms. The van der Waals surface area contributed by atoms with Gasteiger partial charge < -0.3 is 19.8 Å². The average Bonchev–Trinajstić information content (AvgIpc) is 2.61. The third kappa shape index (κ3) is 4.19. The van der Waals surface area contributed by atoms with Gasteiger partial charge >= 0.3 is 0 Å². The van der Waals surface area contributed by atoms with Crippen molar-refractivity contribution in [2.75, 3.05) is 32.8 Å². The fraction of sp³-hybridized carbons (Fsp3) is 0.579. The quantitative estimate of drug-likeness (QED) is 0.791. The van der Waals surface area contributed by atoms with Crippen LogP contribution in [0.5, 0.6) is 5.75 Å². The molecule has 0 unspecified atom stereocenters. The third-order valence-electron chi connectivity index (χ3n) is 5.15. The molecule has 0 spiro atoms. The van der Waals surface area contributed by atoms with Gasteiger partial charge in [-0.2, -0.15) is 5.26 Å². The zero-order chi connectivity index (χ0) is 18.9. The van der Waals surface area contributed by atoms with Gasteiger partial charge in [-0.15, -0.1) is 12.4 Å². The minimum absolute atomic E-state index is 0. The van der Waals surface area contributed by atoms with E-state index in [2.05, 4.69) is 6.07 Å². The lowest BCUT2D eigenvalue weighted by Gasteiger charge is -2.48. The standard InChI is InChI=1S/C19H25N3O4.ClH/c1-19(2)18(25)17(14-10-13(11-20)4-5-15(14)26-19)22-8-7-21(6-3-9-23)12-16(22)24;/h4-5,10,17-18,23,25H,3,6-9,12H2,1-2H3;1H/t17-,18+;/m1./s1. The largest absolute Gasteiger partial charge is 0.485 e. The van der Waals surface area contributed by atoms with E-state index in [4.69, 9.17) is 9.84 Å². The van der Waals surface area contributed by atoms with Crippen molar-refractivity contribution >= 4 is 18.3 Å². The van der Waals surface area contributed by atoms with Gasteiger partial charge in [-0.05, 0) is 38.5 Å². The summed E-state index contributed by atoms with van der Waals surface area (Å²) in [4.78, 5) is 16.5. The van der Waals surface area contributed by atoms with E-state index in [1.165, 1.54) is 0 Å². The summed E-state index contributed by atoms with van der Waals surface area (Å²) in [6.07, 6.45) is -0.272. The van der Waals surface area contributed by atoms with Gasteiger partial charge in [0.1, 0.15) is 17.5 Å². The fourth-order valence-electron chi connectivity index (χ4n) is 3.69. The molecule has 1 amide bonds. The highest BCUT2D eigenvalue weighted by molar-refractivity contribution is 5.85. The molecule has 0 radical (unpaired) electrons. The summed E-state index contributed by atoms with van der Waals surface area (Å²) < 4.78 is 5.93. The highest BCUT2D eigenvalue weighted by Gasteiger charge is 2.47.